The molecule has 1 N–H and O–H groups in total. The van der Waals surface area contributed by atoms with Gasteiger partial charge >= 0.3 is 6.03 Å². The topological polar surface area (TPSA) is 54.5 Å². The fourth-order valence-corrected chi connectivity index (χ4v) is 3.61. The second-order valence-electron chi connectivity index (χ2n) is 8.16. The number of aromatic nitrogens is 1. The molecular formula is C29H29N3O2. The third-order valence-corrected chi connectivity index (χ3v) is 5.58. The number of hydrogen-bond acceptors (Lipinski definition) is 3. The smallest absolute Gasteiger partial charge is 0.322 e. The maximum atomic E-state index is 13.2. The van der Waals surface area contributed by atoms with Crippen molar-refractivity contribution < 1.29 is 9.53 Å². The first-order chi connectivity index (χ1) is 16.7. The molecule has 0 fully saturated rings. The van der Waals surface area contributed by atoms with Crippen LogP contribution in [0.4, 0.5) is 10.5 Å². The van der Waals surface area contributed by atoms with Crippen LogP contribution in [0.25, 0.3) is 0 Å². The molecule has 1 aromatic heterocycles. The van der Waals surface area contributed by atoms with Crippen molar-refractivity contribution in [1.82, 2.24) is 9.88 Å². The monoisotopic (exact) mass is 451 g/mol. The number of ether oxygens (including phenoxy) is 1. The van der Waals surface area contributed by atoms with Crippen LogP contribution in [-0.2, 0) is 19.6 Å². The maximum Gasteiger partial charge on any atom is 0.322 e. The Morgan fingerprint density at radius 3 is 2.32 bits per heavy atom. The van der Waals surface area contributed by atoms with Crippen molar-refractivity contribution in [3.05, 3.63) is 126 Å². The van der Waals surface area contributed by atoms with Crippen molar-refractivity contribution in [2.45, 2.75) is 26.5 Å². The van der Waals surface area contributed by atoms with E-state index in [0.717, 1.165) is 33.8 Å². The second kappa shape index (κ2) is 11.7. The standard InChI is InChI=1S/C29H29N3O2/c1-23-9-5-6-13-28(23)31-29(33)32(20-18-26-12-7-8-19-30-26)21-24-14-16-27(17-15-24)34-22-25-10-3-2-4-11-25/h2-17,19H,18,20-22H2,1H3,(H,31,33). The molecule has 0 aliphatic heterocycles. The Hall–Kier alpha value is -4.12. The summed E-state index contributed by atoms with van der Waals surface area (Å²) in [7, 11) is 0. The zero-order chi connectivity index (χ0) is 23.6. The molecule has 4 aromatic rings. The largest absolute Gasteiger partial charge is 0.489 e. The van der Waals surface area contributed by atoms with Crippen LogP contribution in [0.15, 0.2) is 103 Å². The van der Waals surface area contributed by atoms with E-state index in [4.69, 9.17) is 4.74 Å². The molecule has 0 saturated carbocycles. The van der Waals surface area contributed by atoms with Gasteiger partial charge in [0, 0.05) is 37.1 Å². The van der Waals surface area contributed by atoms with E-state index in [-0.39, 0.29) is 6.03 Å². The van der Waals surface area contributed by atoms with E-state index in [2.05, 4.69) is 10.3 Å². The molecule has 0 bridgehead atoms. The summed E-state index contributed by atoms with van der Waals surface area (Å²) in [6.45, 7) is 3.56. The quantitative estimate of drug-likeness (QED) is 0.327. The number of carbonyl (C=O) groups is 1. The average Bonchev–Trinajstić information content (AvgIpc) is 2.88. The lowest BCUT2D eigenvalue weighted by Crippen LogP contribution is -2.36. The third kappa shape index (κ3) is 6.69. The SMILES string of the molecule is Cc1ccccc1NC(=O)N(CCc1ccccn1)Cc1ccc(OCc2ccccc2)cc1. The summed E-state index contributed by atoms with van der Waals surface area (Å²) in [4.78, 5) is 19.4. The molecule has 0 spiro atoms. The minimum absolute atomic E-state index is 0.130. The van der Waals surface area contributed by atoms with Crippen LogP contribution in [0, 0.1) is 6.92 Å². The van der Waals surface area contributed by atoms with Crippen LogP contribution in [-0.4, -0.2) is 22.5 Å². The molecule has 2 amide bonds. The van der Waals surface area contributed by atoms with Gasteiger partial charge in [-0.1, -0.05) is 66.7 Å². The number of rotatable bonds is 9. The van der Waals surface area contributed by atoms with E-state index in [9.17, 15) is 4.79 Å². The fraction of sp³-hybridized carbons (Fsp3) is 0.172. The van der Waals surface area contributed by atoms with Crippen molar-refractivity contribution >= 4 is 11.7 Å². The summed E-state index contributed by atoms with van der Waals surface area (Å²) in [5.74, 6) is 0.803. The predicted molar refractivity (Wildman–Crippen MR) is 136 cm³/mol. The molecule has 0 aliphatic carbocycles. The van der Waals surface area contributed by atoms with Crippen molar-refractivity contribution in [3.63, 3.8) is 0 Å². The molecule has 0 atom stereocenters. The molecule has 3 aromatic carbocycles. The summed E-state index contributed by atoms with van der Waals surface area (Å²) >= 11 is 0. The molecule has 1 heterocycles. The van der Waals surface area contributed by atoms with Gasteiger partial charge in [0.25, 0.3) is 0 Å². The van der Waals surface area contributed by atoms with Crippen LogP contribution >= 0.6 is 0 Å². The number of anilines is 1. The highest BCUT2D eigenvalue weighted by Crippen LogP contribution is 2.18. The third-order valence-electron chi connectivity index (χ3n) is 5.58. The first-order valence-corrected chi connectivity index (χ1v) is 11.4. The van der Waals surface area contributed by atoms with Crippen LogP contribution in [0.2, 0.25) is 0 Å². The lowest BCUT2D eigenvalue weighted by atomic mass is 10.2. The lowest BCUT2D eigenvalue weighted by molar-refractivity contribution is 0.209. The highest BCUT2D eigenvalue weighted by Gasteiger charge is 2.15. The van der Waals surface area contributed by atoms with E-state index in [1.807, 2.05) is 109 Å². The number of nitrogens with zero attached hydrogens (tertiary/aromatic N) is 2. The van der Waals surface area contributed by atoms with Gasteiger partial charge < -0.3 is 15.0 Å². The van der Waals surface area contributed by atoms with Crippen molar-refractivity contribution in [1.29, 1.82) is 0 Å². The molecular weight excluding hydrogens is 422 g/mol. The zero-order valence-corrected chi connectivity index (χ0v) is 19.4. The molecule has 0 radical (unpaired) electrons. The van der Waals surface area contributed by atoms with Crippen LogP contribution in [0.3, 0.4) is 0 Å². The molecule has 4 rings (SSSR count). The Balaban J connectivity index is 1.42. The highest BCUT2D eigenvalue weighted by molar-refractivity contribution is 5.90. The number of aryl methyl sites for hydroxylation is 1. The van der Waals surface area contributed by atoms with E-state index < -0.39 is 0 Å². The number of amides is 2. The molecule has 172 valence electrons. The number of hydrogen-bond donors (Lipinski definition) is 1. The Morgan fingerprint density at radius 2 is 1.59 bits per heavy atom. The van der Waals surface area contributed by atoms with Crippen molar-refractivity contribution in [3.8, 4) is 5.75 Å². The number of para-hydroxylation sites is 1. The van der Waals surface area contributed by atoms with E-state index in [0.29, 0.717) is 26.1 Å². The van der Waals surface area contributed by atoms with Gasteiger partial charge in [-0.15, -0.1) is 0 Å². The Bertz CT molecular complexity index is 1180. The van der Waals surface area contributed by atoms with Gasteiger partial charge in [-0.2, -0.15) is 0 Å². The summed E-state index contributed by atoms with van der Waals surface area (Å²) in [5.41, 5.74) is 4.97. The van der Waals surface area contributed by atoms with Gasteiger partial charge in [-0.05, 0) is 53.9 Å². The number of carbonyl (C=O) groups excluding carboxylic acids is 1. The Morgan fingerprint density at radius 1 is 0.853 bits per heavy atom. The molecule has 0 unspecified atom stereocenters. The van der Waals surface area contributed by atoms with Crippen LogP contribution in [0.1, 0.15) is 22.4 Å². The minimum Gasteiger partial charge on any atom is -0.489 e. The van der Waals surface area contributed by atoms with Crippen molar-refractivity contribution in [2.24, 2.45) is 0 Å². The highest BCUT2D eigenvalue weighted by atomic mass is 16.5. The minimum atomic E-state index is -0.130. The molecule has 5 nitrogen and oxygen atoms in total. The zero-order valence-electron chi connectivity index (χ0n) is 19.4. The fourth-order valence-electron chi connectivity index (χ4n) is 3.61. The summed E-state index contributed by atoms with van der Waals surface area (Å²) in [6.07, 6.45) is 2.46. The number of urea groups is 1. The van der Waals surface area contributed by atoms with Gasteiger partial charge in [0.05, 0.1) is 0 Å². The van der Waals surface area contributed by atoms with Crippen LogP contribution < -0.4 is 10.1 Å². The number of benzene rings is 3. The van der Waals surface area contributed by atoms with E-state index in [1.165, 1.54) is 0 Å². The normalized spacial score (nSPS) is 10.5. The lowest BCUT2D eigenvalue weighted by Gasteiger charge is -2.24. The van der Waals surface area contributed by atoms with Crippen molar-refractivity contribution in [2.75, 3.05) is 11.9 Å². The first kappa shape index (κ1) is 23.1. The average molecular weight is 452 g/mol. The molecule has 34 heavy (non-hydrogen) atoms. The predicted octanol–water partition coefficient (Wildman–Crippen LogP) is 6.25. The Labute approximate surface area is 201 Å². The van der Waals surface area contributed by atoms with Gasteiger partial charge in [0.15, 0.2) is 0 Å². The number of nitrogens with one attached hydrogen (secondary N) is 1. The molecule has 0 aliphatic rings. The van der Waals surface area contributed by atoms with Gasteiger partial charge in [0.2, 0.25) is 0 Å². The van der Waals surface area contributed by atoms with E-state index >= 15 is 0 Å². The summed E-state index contributed by atoms with van der Waals surface area (Å²) in [5, 5.41) is 3.06. The van der Waals surface area contributed by atoms with Gasteiger partial charge in [0.1, 0.15) is 12.4 Å². The molecule has 0 saturated heterocycles. The number of pyridine rings is 1. The molecule has 5 heteroatoms. The second-order valence-corrected chi connectivity index (χ2v) is 8.16. The Kier molecular flexibility index (Phi) is 7.90. The van der Waals surface area contributed by atoms with Crippen LogP contribution in [0.5, 0.6) is 5.75 Å². The maximum absolute atomic E-state index is 13.2. The summed E-state index contributed by atoms with van der Waals surface area (Å²) in [6, 6.07) is 31.5. The first-order valence-electron chi connectivity index (χ1n) is 11.4. The van der Waals surface area contributed by atoms with Gasteiger partial charge in [-0.3, -0.25) is 4.98 Å². The summed E-state index contributed by atoms with van der Waals surface area (Å²) < 4.78 is 5.90. The van der Waals surface area contributed by atoms with E-state index in [1.54, 1.807) is 6.20 Å². The van der Waals surface area contributed by atoms with Gasteiger partial charge in [-0.25, -0.2) is 4.79 Å².